The fourth-order valence-electron chi connectivity index (χ4n) is 5.70. The van der Waals surface area contributed by atoms with Crippen LogP contribution in [0.2, 0.25) is 0 Å². The SMILES string of the molecule is CCOC(=O)c1c(C)[nH]c2ccc(OC[C@@H](O)CNC3CCN(c4ccc(NS(=O)(=O)c5ccc(OC)c(OC)c5)cc4)CC3)cc12. The number of aliphatic hydroxyl groups is 1. The van der Waals surface area contributed by atoms with Gasteiger partial charge in [-0.05, 0) is 81.3 Å². The first kappa shape index (κ1) is 33.9. The number of esters is 1. The molecule has 0 aliphatic carbocycles. The zero-order valence-corrected chi connectivity index (χ0v) is 27.9. The molecule has 1 aliphatic heterocycles. The first-order chi connectivity index (χ1) is 22.6. The number of aromatic amines is 1. The molecule has 1 saturated heterocycles. The summed E-state index contributed by atoms with van der Waals surface area (Å²) in [5.41, 5.74) is 3.51. The molecule has 4 N–H and O–H groups in total. The van der Waals surface area contributed by atoms with Gasteiger partial charge in [-0.1, -0.05) is 0 Å². The summed E-state index contributed by atoms with van der Waals surface area (Å²) in [6, 6.07) is 17.5. The fourth-order valence-corrected chi connectivity index (χ4v) is 6.77. The molecule has 0 radical (unpaired) electrons. The lowest BCUT2D eigenvalue weighted by atomic mass is 10.0. The van der Waals surface area contributed by atoms with Crippen LogP contribution in [-0.4, -0.2) is 83.7 Å². The van der Waals surface area contributed by atoms with E-state index in [1.165, 1.54) is 26.4 Å². The van der Waals surface area contributed by atoms with Gasteiger partial charge in [0.05, 0.1) is 31.3 Å². The summed E-state index contributed by atoms with van der Waals surface area (Å²) in [7, 11) is -0.871. The van der Waals surface area contributed by atoms with Crippen molar-refractivity contribution in [2.75, 3.05) is 56.7 Å². The topological polar surface area (TPSA) is 151 Å². The van der Waals surface area contributed by atoms with E-state index in [1.807, 2.05) is 31.2 Å². The van der Waals surface area contributed by atoms with Gasteiger partial charge in [-0.2, -0.15) is 0 Å². The number of fused-ring (bicyclic) bond motifs is 1. The molecule has 0 unspecified atom stereocenters. The molecule has 1 atom stereocenters. The van der Waals surface area contributed by atoms with Gasteiger partial charge in [-0.3, -0.25) is 4.72 Å². The number of rotatable bonds is 14. The maximum absolute atomic E-state index is 13.0. The standard InChI is InChI=1S/C34H42N4O8S/c1-5-45-34(40)33-22(2)36-30-12-10-27(18-29(30)33)46-21-26(39)20-35-23-14-16-38(17-15-23)25-8-6-24(7-9-25)37-47(41,42)28-11-13-31(43-3)32(19-28)44-4/h6-13,18-19,23,26,35-37,39H,5,14-17,20-21H2,1-4H3/t26-/m0/s1. The Bertz CT molecular complexity index is 1780. The molecule has 1 fully saturated rings. The second-order valence-corrected chi connectivity index (χ2v) is 13.0. The molecule has 0 bridgehead atoms. The minimum atomic E-state index is -3.82. The van der Waals surface area contributed by atoms with Crippen molar-refractivity contribution in [1.82, 2.24) is 10.3 Å². The molecule has 4 aromatic rings. The zero-order chi connectivity index (χ0) is 33.6. The predicted molar refractivity (Wildman–Crippen MR) is 181 cm³/mol. The van der Waals surface area contributed by atoms with Gasteiger partial charge >= 0.3 is 5.97 Å². The number of methoxy groups -OCH3 is 2. The number of ether oxygens (including phenoxy) is 4. The lowest BCUT2D eigenvalue weighted by Gasteiger charge is -2.34. The van der Waals surface area contributed by atoms with E-state index in [-0.39, 0.29) is 23.5 Å². The van der Waals surface area contributed by atoms with Crippen LogP contribution >= 0.6 is 0 Å². The van der Waals surface area contributed by atoms with Crippen LogP contribution in [0.4, 0.5) is 11.4 Å². The van der Waals surface area contributed by atoms with E-state index in [0.29, 0.717) is 41.7 Å². The summed E-state index contributed by atoms with van der Waals surface area (Å²) in [6.07, 6.45) is 1.07. The van der Waals surface area contributed by atoms with Crippen LogP contribution in [0.1, 0.15) is 35.8 Å². The molecule has 1 aromatic heterocycles. The van der Waals surface area contributed by atoms with E-state index in [1.54, 1.807) is 31.2 Å². The van der Waals surface area contributed by atoms with E-state index in [4.69, 9.17) is 18.9 Å². The number of benzene rings is 3. The summed E-state index contributed by atoms with van der Waals surface area (Å²) in [5.74, 6) is 0.966. The second kappa shape index (κ2) is 15.0. The molecule has 47 heavy (non-hydrogen) atoms. The lowest BCUT2D eigenvalue weighted by molar-refractivity contribution is 0.0528. The van der Waals surface area contributed by atoms with Gasteiger partial charge < -0.3 is 39.3 Å². The van der Waals surface area contributed by atoms with Crippen molar-refractivity contribution in [3.8, 4) is 17.2 Å². The summed E-state index contributed by atoms with van der Waals surface area (Å²) >= 11 is 0. The Morgan fingerprint density at radius 1 is 1.02 bits per heavy atom. The molecule has 12 nitrogen and oxygen atoms in total. The number of hydrogen-bond donors (Lipinski definition) is 4. The van der Waals surface area contributed by atoms with Gasteiger partial charge in [-0.25, -0.2) is 13.2 Å². The number of nitrogens with one attached hydrogen (secondary N) is 3. The molecule has 5 rings (SSSR count). The van der Waals surface area contributed by atoms with E-state index >= 15 is 0 Å². The number of carbonyl (C=O) groups excluding carboxylic acids is 1. The van der Waals surface area contributed by atoms with Crippen LogP contribution in [0.25, 0.3) is 10.9 Å². The Labute approximate surface area is 275 Å². The van der Waals surface area contributed by atoms with E-state index in [2.05, 4.69) is 19.9 Å². The summed E-state index contributed by atoms with van der Waals surface area (Å²) in [5, 5.41) is 14.8. The number of H-pyrrole nitrogens is 1. The molecular formula is C34H42N4O8S. The molecule has 252 valence electrons. The first-order valence-corrected chi connectivity index (χ1v) is 17.0. The number of carbonyl (C=O) groups is 1. The number of aromatic nitrogens is 1. The molecule has 2 heterocycles. The predicted octanol–water partition coefficient (Wildman–Crippen LogP) is 4.47. The number of hydrogen-bond acceptors (Lipinski definition) is 10. The molecule has 1 aliphatic rings. The minimum absolute atomic E-state index is 0.0726. The third-order valence-electron chi connectivity index (χ3n) is 8.17. The fraction of sp³-hybridized carbons (Fsp3) is 0.382. The third kappa shape index (κ3) is 8.10. The molecule has 3 aromatic carbocycles. The smallest absolute Gasteiger partial charge is 0.340 e. The zero-order valence-electron chi connectivity index (χ0n) is 27.0. The highest BCUT2D eigenvalue weighted by Crippen LogP contribution is 2.31. The van der Waals surface area contributed by atoms with Gasteiger partial charge in [0.1, 0.15) is 18.5 Å². The second-order valence-electron chi connectivity index (χ2n) is 11.4. The highest BCUT2D eigenvalue weighted by Gasteiger charge is 2.22. The largest absolute Gasteiger partial charge is 0.493 e. The summed E-state index contributed by atoms with van der Waals surface area (Å²) in [4.78, 5) is 18.0. The molecule has 0 amide bonds. The Kier molecular flexibility index (Phi) is 10.8. The molecular weight excluding hydrogens is 624 g/mol. The van der Waals surface area contributed by atoms with Crippen LogP contribution in [-0.2, 0) is 14.8 Å². The Balaban J connectivity index is 1.07. The van der Waals surface area contributed by atoms with Crippen LogP contribution in [0, 0.1) is 6.92 Å². The average molecular weight is 667 g/mol. The van der Waals surface area contributed by atoms with Crippen molar-refractivity contribution in [2.24, 2.45) is 0 Å². The highest BCUT2D eigenvalue weighted by atomic mass is 32.2. The van der Waals surface area contributed by atoms with Crippen molar-refractivity contribution in [3.63, 3.8) is 0 Å². The van der Waals surface area contributed by atoms with Crippen molar-refractivity contribution >= 4 is 38.3 Å². The maximum atomic E-state index is 13.0. The summed E-state index contributed by atoms with van der Waals surface area (Å²) < 4.78 is 50.0. The van der Waals surface area contributed by atoms with E-state index in [9.17, 15) is 18.3 Å². The highest BCUT2D eigenvalue weighted by molar-refractivity contribution is 7.92. The number of aliphatic hydroxyl groups excluding tert-OH is 1. The van der Waals surface area contributed by atoms with Crippen molar-refractivity contribution < 1.29 is 37.3 Å². The van der Waals surface area contributed by atoms with E-state index in [0.717, 1.165) is 48.2 Å². The van der Waals surface area contributed by atoms with Gasteiger partial charge in [-0.15, -0.1) is 0 Å². The van der Waals surface area contributed by atoms with Gasteiger partial charge in [0.25, 0.3) is 10.0 Å². The average Bonchev–Trinajstić information content (AvgIpc) is 3.41. The normalized spacial score (nSPS) is 14.5. The summed E-state index contributed by atoms with van der Waals surface area (Å²) in [6.45, 7) is 6.03. The number of aryl methyl sites for hydroxylation is 1. The molecule has 0 spiro atoms. The van der Waals surface area contributed by atoms with Gasteiger partial charge in [0.15, 0.2) is 11.5 Å². The molecule has 13 heteroatoms. The van der Waals surface area contributed by atoms with Crippen LogP contribution in [0.15, 0.2) is 65.6 Å². The lowest BCUT2D eigenvalue weighted by Crippen LogP contribution is -2.45. The molecule has 0 saturated carbocycles. The van der Waals surface area contributed by atoms with Gasteiger partial charge in [0, 0.05) is 59.7 Å². The van der Waals surface area contributed by atoms with Crippen molar-refractivity contribution in [3.05, 3.63) is 71.9 Å². The number of anilines is 2. The first-order valence-electron chi connectivity index (χ1n) is 15.6. The van der Waals surface area contributed by atoms with Crippen LogP contribution in [0.3, 0.4) is 0 Å². The van der Waals surface area contributed by atoms with E-state index < -0.39 is 16.1 Å². The third-order valence-corrected chi connectivity index (χ3v) is 9.55. The Morgan fingerprint density at radius 2 is 1.74 bits per heavy atom. The number of sulfonamides is 1. The monoisotopic (exact) mass is 666 g/mol. The Hall–Kier alpha value is -4.46. The van der Waals surface area contributed by atoms with Crippen LogP contribution < -0.4 is 29.1 Å². The Morgan fingerprint density at radius 3 is 2.43 bits per heavy atom. The maximum Gasteiger partial charge on any atom is 0.340 e. The quantitative estimate of drug-likeness (QED) is 0.142. The van der Waals surface area contributed by atoms with Crippen molar-refractivity contribution in [1.29, 1.82) is 0 Å². The van der Waals surface area contributed by atoms with Gasteiger partial charge in [0.2, 0.25) is 0 Å². The van der Waals surface area contributed by atoms with Crippen LogP contribution in [0.5, 0.6) is 17.2 Å². The van der Waals surface area contributed by atoms with Crippen molar-refractivity contribution in [2.45, 2.75) is 43.7 Å². The number of nitrogens with zero attached hydrogens (tertiary/aromatic N) is 1. The number of piperidine rings is 1. The minimum Gasteiger partial charge on any atom is -0.493 e.